The Morgan fingerprint density at radius 2 is 2.17 bits per heavy atom. The number of aromatic nitrogens is 2. The second-order valence-corrected chi connectivity index (χ2v) is 3.79. The predicted octanol–water partition coefficient (Wildman–Crippen LogP) is 1.64. The van der Waals surface area contributed by atoms with E-state index >= 15 is 0 Å². The van der Waals surface area contributed by atoms with E-state index in [0.29, 0.717) is 5.82 Å². The molecule has 4 nitrogen and oxygen atoms in total. The minimum absolute atomic E-state index is 0.183. The van der Waals surface area contributed by atoms with Gasteiger partial charge >= 0.3 is 0 Å². The molecule has 1 aromatic heterocycles. The van der Waals surface area contributed by atoms with Crippen molar-refractivity contribution in [1.82, 2.24) is 15.3 Å². The molecule has 0 fully saturated rings. The number of carbonyl (C=O) groups excluding carboxylic acids is 1. The molecule has 18 heavy (non-hydrogen) atoms. The highest BCUT2D eigenvalue weighted by Gasteiger charge is 2.08. The zero-order valence-corrected chi connectivity index (χ0v) is 9.97. The van der Waals surface area contributed by atoms with Crippen LogP contribution in [0.5, 0.6) is 0 Å². The molecule has 0 bridgehead atoms. The van der Waals surface area contributed by atoms with Gasteiger partial charge in [0, 0.05) is 23.9 Å². The maximum Gasteiger partial charge on any atom is 0.296 e. The fourth-order valence-electron chi connectivity index (χ4n) is 1.47. The number of carbonyl (C=O) groups is 1. The van der Waals surface area contributed by atoms with Crippen LogP contribution in [-0.2, 0) is 4.79 Å². The first-order valence-electron chi connectivity index (χ1n) is 5.62. The predicted molar refractivity (Wildman–Crippen MR) is 68.5 cm³/mol. The molecule has 2 rings (SSSR count). The van der Waals surface area contributed by atoms with Gasteiger partial charge in [0.05, 0.1) is 6.04 Å². The number of benzene rings is 1. The molecule has 0 aliphatic rings. The molecule has 0 aliphatic carbocycles. The minimum Gasteiger partial charge on any atom is -0.347 e. The third kappa shape index (κ3) is 3.22. The van der Waals surface area contributed by atoms with E-state index in [-0.39, 0.29) is 11.9 Å². The summed E-state index contributed by atoms with van der Waals surface area (Å²) in [5.74, 6) is 5.75. The zero-order valence-electron chi connectivity index (χ0n) is 9.97. The van der Waals surface area contributed by atoms with Crippen LogP contribution in [0, 0.1) is 11.8 Å². The Kier molecular flexibility index (Phi) is 3.77. The molecule has 1 heterocycles. The Bertz CT molecular complexity index is 564. The maximum atomic E-state index is 11.6. The van der Waals surface area contributed by atoms with Crippen LogP contribution < -0.4 is 5.32 Å². The Balaban J connectivity index is 1.96. The second kappa shape index (κ2) is 5.69. The van der Waals surface area contributed by atoms with E-state index in [1.165, 1.54) is 0 Å². The van der Waals surface area contributed by atoms with E-state index in [4.69, 9.17) is 0 Å². The summed E-state index contributed by atoms with van der Waals surface area (Å²) in [6, 6.07) is 9.20. The molecule has 0 spiro atoms. The number of H-pyrrole nitrogens is 1. The first kappa shape index (κ1) is 11.9. The zero-order chi connectivity index (χ0) is 12.8. The molecule has 2 N–H and O–H groups in total. The van der Waals surface area contributed by atoms with Gasteiger partial charge < -0.3 is 10.3 Å². The highest BCUT2D eigenvalue weighted by Crippen LogP contribution is 2.04. The van der Waals surface area contributed by atoms with E-state index in [1.54, 1.807) is 12.4 Å². The van der Waals surface area contributed by atoms with Crippen LogP contribution in [0.1, 0.15) is 24.4 Å². The lowest BCUT2D eigenvalue weighted by Gasteiger charge is -2.07. The van der Waals surface area contributed by atoms with Crippen molar-refractivity contribution in [2.75, 3.05) is 0 Å². The summed E-state index contributed by atoms with van der Waals surface area (Å²) in [5.41, 5.74) is 0.818. The molecule has 2 aromatic rings. The molecule has 0 radical (unpaired) electrons. The second-order valence-electron chi connectivity index (χ2n) is 3.79. The van der Waals surface area contributed by atoms with Gasteiger partial charge in [0.2, 0.25) is 0 Å². The number of hydrogen-bond acceptors (Lipinski definition) is 2. The molecule has 1 amide bonds. The van der Waals surface area contributed by atoms with Gasteiger partial charge in [-0.3, -0.25) is 4.79 Å². The van der Waals surface area contributed by atoms with Gasteiger partial charge in [-0.05, 0) is 19.1 Å². The third-order valence-electron chi connectivity index (χ3n) is 2.37. The average molecular weight is 239 g/mol. The van der Waals surface area contributed by atoms with Crippen LogP contribution in [0.25, 0.3) is 0 Å². The van der Waals surface area contributed by atoms with Crippen LogP contribution in [-0.4, -0.2) is 15.9 Å². The van der Waals surface area contributed by atoms with Crippen molar-refractivity contribution in [3.05, 3.63) is 54.1 Å². The van der Waals surface area contributed by atoms with Crippen molar-refractivity contribution in [1.29, 1.82) is 0 Å². The van der Waals surface area contributed by atoms with Gasteiger partial charge in [-0.2, -0.15) is 0 Å². The molecular formula is C14H13N3O. The van der Waals surface area contributed by atoms with Crippen molar-refractivity contribution in [2.24, 2.45) is 0 Å². The maximum absolute atomic E-state index is 11.6. The van der Waals surface area contributed by atoms with Crippen molar-refractivity contribution in [3.8, 4) is 11.8 Å². The first-order chi connectivity index (χ1) is 8.75. The van der Waals surface area contributed by atoms with Gasteiger partial charge in [0.25, 0.3) is 5.91 Å². The van der Waals surface area contributed by atoms with Gasteiger partial charge in [-0.1, -0.05) is 24.1 Å². The Morgan fingerprint density at radius 3 is 2.83 bits per heavy atom. The molecule has 1 unspecified atom stereocenters. The number of hydrogen-bond donors (Lipinski definition) is 2. The third-order valence-corrected chi connectivity index (χ3v) is 2.37. The van der Waals surface area contributed by atoms with Crippen LogP contribution in [0.3, 0.4) is 0 Å². The molecule has 1 atom stereocenters. The molecule has 90 valence electrons. The van der Waals surface area contributed by atoms with Crippen LogP contribution >= 0.6 is 0 Å². The van der Waals surface area contributed by atoms with Gasteiger partial charge in [-0.15, -0.1) is 0 Å². The monoisotopic (exact) mass is 239 g/mol. The SMILES string of the molecule is CC(NC(=O)C#Cc1ccccc1)c1ncc[nH]1. The number of nitrogens with one attached hydrogen (secondary N) is 2. The van der Waals surface area contributed by atoms with Gasteiger partial charge in [-0.25, -0.2) is 4.98 Å². The van der Waals surface area contributed by atoms with Gasteiger partial charge in [0.1, 0.15) is 5.82 Å². The number of amides is 1. The average Bonchev–Trinajstić information content (AvgIpc) is 2.91. The largest absolute Gasteiger partial charge is 0.347 e. The summed E-state index contributed by atoms with van der Waals surface area (Å²) in [7, 11) is 0. The van der Waals surface area contributed by atoms with Gasteiger partial charge in [0.15, 0.2) is 0 Å². The normalized spacial score (nSPS) is 11.2. The molecule has 1 aromatic carbocycles. The van der Waals surface area contributed by atoms with E-state index < -0.39 is 0 Å². The molecule has 0 aliphatic heterocycles. The summed E-state index contributed by atoms with van der Waals surface area (Å²) in [6.07, 6.45) is 3.36. The topological polar surface area (TPSA) is 57.8 Å². The summed E-state index contributed by atoms with van der Waals surface area (Å²) in [5, 5.41) is 2.75. The fourth-order valence-corrected chi connectivity index (χ4v) is 1.47. The molecule has 0 saturated carbocycles. The lowest BCUT2D eigenvalue weighted by molar-refractivity contribution is -0.116. The van der Waals surface area contributed by atoms with Crippen molar-refractivity contribution in [3.63, 3.8) is 0 Å². The summed E-state index contributed by atoms with van der Waals surface area (Å²) >= 11 is 0. The highest BCUT2D eigenvalue weighted by molar-refractivity contribution is 5.94. The molecular weight excluding hydrogens is 226 g/mol. The van der Waals surface area contributed by atoms with E-state index in [0.717, 1.165) is 5.56 Å². The Hall–Kier alpha value is -2.54. The van der Waals surface area contributed by atoms with Crippen molar-refractivity contribution < 1.29 is 4.79 Å². The van der Waals surface area contributed by atoms with E-state index in [9.17, 15) is 4.79 Å². The lowest BCUT2D eigenvalue weighted by Crippen LogP contribution is -2.25. The number of aromatic amines is 1. The Morgan fingerprint density at radius 1 is 1.39 bits per heavy atom. The summed E-state index contributed by atoms with van der Waals surface area (Å²) in [6.45, 7) is 1.85. The van der Waals surface area contributed by atoms with Crippen LogP contribution in [0.4, 0.5) is 0 Å². The quantitative estimate of drug-likeness (QED) is 0.783. The lowest BCUT2D eigenvalue weighted by atomic mass is 10.2. The number of imidazole rings is 1. The molecule has 4 heteroatoms. The van der Waals surface area contributed by atoms with Crippen molar-refractivity contribution in [2.45, 2.75) is 13.0 Å². The molecule has 0 saturated heterocycles. The van der Waals surface area contributed by atoms with Crippen molar-refractivity contribution >= 4 is 5.91 Å². The fraction of sp³-hybridized carbons (Fsp3) is 0.143. The van der Waals surface area contributed by atoms with E-state index in [1.807, 2.05) is 37.3 Å². The minimum atomic E-state index is -0.317. The summed E-state index contributed by atoms with van der Waals surface area (Å²) in [4.78, 5) is 18.6. The van der Waals surface area contributed by atoms with Crippen LogP contribution in [0.15, 0.2) is 42.7 Å². The van der Waals surface area contributed by atoms with E-state index in [2.05, 4.69) is 27.1 Å². The summed E-state index contributed by atoms with van der Waals surface area (Å²) < 4.78 is 0. The highest BCUT2D eigenvalue weighted by atomic mass is 16.1. The Labute approximate surface area is 105 Å². The number of nitrogens with zero attached hydrogens (tertiary/aromatic N) is 1. The first-order valence-corrected chi connectivity index (χ1v) is 5.62. The van der Waals surface area contributed by atoms with Crippen LogP contribution in [0.2, 0.25) is 0 Å². The standard InChI is InChI=1S/C14H13N3O/c1-11(14-15-9-10-16-14)17-13(18)8-7-12-5-3-2-4-6-12/h2-6,9-11H,1H3,(H,15,16)(H,17,18). The smallest absolute Gasteiger partial charge is 0.296 e. The number of rotatable bonds is 2.